The van der Waals surface area contributed by atoms with Crippen molar-refractivity contribution in [3.63, 3.8) is 0 Å². The van der Waals surface area contributed by atoms with E-state index in [4.69, 9.17) is 5.73 Å². The zero-order valence-electron chi connectivity index (χ0n) is 37.4. The Morgan fingerprint density at radius 1 is 0.500 bits per heavy atom. The van der Waals surface area contributed by atoms with Crippen molar-refractivity contribution in [3.05, 3.63) is 0 Å². The summed E-state index contributed by atoms with van der Waals surface area (Å²) >= 11 is 0. The second kappa shape index (κ2) is 27.1. The van der Waals surface area contributed by atoms with Crippen molar-refractivity contribution in [2.75, 3.05) is 13.1 Å². The van der Waals surface area contributed by atoms with Gasteiger partial charge in [0, 0.05) is 0 Å². The van der Waals surface area contributed by atoms with Gasteiger partial charge < -0.3 is 58.5 Å². The molecule has 20 nitrogen and oxygen atoms in total. The summed E-state index contributed by atoms with van der Waals surface area (Å²) < 4.78 is 0. The van der Waals surface area contributed by atoms with Crippen LogP contribution in [0.4, 0.5) is 0 Å². The van der Waals surface area contributed by atoms with Gasteiger partial charge in [0.1, 0.15) is 36.3 Å². The van der Waals surface area contributed by atoms with Crippen LogP contribution in [0.25, 0.3) is 0 Å². The van der Waals surface area contributed by atoms with Crippen molar-refractivity contribution in [1.29, 1.82) is 0 Å². The topological polar surface area (TPSA) is 316 Å². The standard InChI is InChI=1S/C40H73N9O11/c1-13-22(9)31(46-28(51)17-42-34(53)24(11)44-35(54)26(41)15-19(3)4)37(56)43-18-29(52)47-32(23(10)14-2)38(57)45-27(16-20(5)6)36(55)49-33(25(12)50)39(58)48-30(21(7)8)40(59)60/h19-27,30-33,50H,13-18,41H2,1-12H3,(H,42,53)(H,43,56)(H,44,54)(H,45,57)(H,46,51)(H,47,52)(H,48,58)(H,49,55)(H,59,60)/t22-,23-,24-,25+,26+,27+,30-,31-,32-,33-/m0/s1. The number of carbonyl (C=O) groups is 9. The number of aliphatic carboxylic acids is 1. The highest BCUT2D eigenvalue weighted by Gasteiger charge is 2.35. The highest BCUT2D eigenvalue weighted by molar-refractivity contribution is 5.97. The van der Waals surface area contributed by atoms with E-state index in [9.17, 15) is 53.4 Å². The number of hydrogen-bond acceptors (Lipinski definition) is 11. The SMILES string of the molecule is CC[C@H](C)[C@H](NC(=O)CNC(=O)[C@H](C)NC(=O)[C@H](N)CC(C)C)C(=O)NCC(=O)N[C@H](C(=O)N[C@H](CC(C)C)C(=O)N[C@H](C(=O)N[C@H](C(=O)O)C(C)C)[C@@H](C)O)[C@@H](C)CC. The maximum Gasteiger partial charge on any atom is 0.326 e. The Hall–Kier alpha value is -4.85. The van der Waals surface area contributed by atoms with Crippen molar-refractivity contribution in [3.8, 4) is 0 Å². The summed E-state index contributed by atoms with van der Waals surface area (Å²) in [6.45, 7) is 19.2. The first-order chi connectivity index (χ1) is 27.8. The molecule has 0 aliphatic heterocycles. The van der Waals surface area contributed by atoms with E-state index >= 15 is 0 Å². The molecule has 0 saturated heterocycles. The molecule has 60 heavy (non-hydrogen) atoms. The van der Waals surface area contributed by atoms with Crippen molar-refractivity contribution in [2.24, 2.45) is 35.3 Å². The van der Waals surface area contributed by atoms with Crippen LogP contribution < -0.4 is 48.3 Å². The summed E-state index contributed by atoms with van der Waals surface area (Å²) in [5.74, 6) is -8.40. The van der Waals surface area contributed by atoms with Crippen molar-refractivity contribution in [2.45, 2.75) is 157 Å². The lowest BCUT2D eigenvalue weighted by molar-refractivity contribution is -0.144. The Labute approximate surface area is 354 Å². The molecule has 0 aliphatic carbocycles. The van der Waals surface area contributed by atoms with E-state index < -0.39 is 132 Å². The van der Waals surface area contributed by atoms with Gasteiger partial charge in [-0.15, -0.1) is 0 Å². The van der Waals surface area contributed by atoms with Crippen molar-refractivity contribution < 1.29 is 53.4 Å². The van der Waals surface area contributed by atoms with E-state index in [1.54, 1.807) is 55.4 Å². The van der Waals surface area contributed by atoms with E-state index in [2.05, 4.69) is 42.5 Å². The van der Waals surface area contributed by atoms with Crippen LogP contribution in [0.15, 0.2) is 0 Å². The van der Waals surface area contributed by atoms with Gasteiger partial charge >= 0.3 is 5.97 Å². The number of nitrogens with two attached hydrogens (primary N) is 1. The van der Waals surface area contributed by atoms with Gasteiger partial charge in [-0.1, -0.05) is 82.1 Å². The molecule has 0 aromatic carbocycles. The second-order valence-corrected chi connectivity index (χ2v) is 16.7. The summed E-state index contributed by atoms with van der Waals surface area (Å²) in [5, 5.41) is 39.8. The molecule has 0 fully saturated rings. The summed E-state index contributed by atoms with van der Waals surface area (Å²) in [7, 11) is 0. The van der Waals surface area contributed by atoms with Gasteiger partial charge in [0.05, 0.1) is 25.2 Å². The fourth-order valence-corrected chi connectivity index (χ4v) is 5.83. The third-order valence-electron chi connectivity index (χ3n) is 9.92. The molecule has 0 aromatic heterocycles. The van der Waals surface area contributed by atoms with E-state index in [1.807, 2.05) is 13.8 Å². The molecular weight excluding hydrogens is 782 g/mol. The zero-order valence-corrected chi connectivity index (χ0v) is 37.4. The molecule has 20 heteroatoms. The normalized spacial score (nSPS) is 16.4. The van der Waals surface area contributed by atoms with Crippen LogP contribution in [0.2, 0.25) is 0 Å². The van der Waals surface area contributed by atoms with Crippen LogP contribution in [-0.4, -0.2) is 125 Å². The molecule has 0 bridgehead atoms. The first-order valence-electron chi connectivity index (χ1n) is 20.8. The highest BCUT2D eigenvalue weighted by Crippen LogP contribution is 2.13. The number of nitrogens with one attached hydrogen (secondary N) is 8. The average Bonchev–Trinajstić information content (AvgIpc) is 3.15. The number of rotatable bonds is 27. The molecule has 8 amide bonds. The monoisotopic (exact) mass is 856 g/mol. The number of hydrogen-bond donors (Lipinski definition) is 11. The molecule has 10 atom stereocenters. The summed E-state index contributed by atoms with van der Waals surface area (Å²) in [4.78, 5) is 116. The van der Waals surface area contributed by atoms with Gasteiger partial charge in [0.2, 0.25) is 47.3 Å². The molecule has 12 N–H and O–H groups in total. The molecule has 0 heterocycles. The van der Waals surface area contributed by atoms with Gasteiger partial charge in [-0.25, -0.2) is 4.79 Å². The quantitative estimate of drug-likeness (QED) is 0.0464. The van der Waals surface area contributed by atoms with Gasteiger partial charge in [-0.05, 0) is 56.3 Å². The average molecular weight is 856 g/mol. The molecule has 0 spiro atoms. The third-order valence-corrected chi connectivity index (χ3v) is 9.92. The van der Waals surface area contributed by atoms with Gasteiger partial charge in [0.25, 0.3) is 0 Å². The van der Waals surface area contributed by atoms with Crippen LogP contribution in [0.5, 0.6) is 0 Å². The first kappa shape index (κ1) is 55.2. The number of carbonyl (C=O) groups excluding carboxylic acids is 8. The summed E-state index contributed by atoms with van der Waals surface area (Å²) in [6.07, 6.45) is -0.0299. The second-order valence-electron chi connectivity index (χ2n) is 16.7. The van der Waals surface area contributed by atoms with E-state index in [0.717, 1.165) is 0 Å². The lowest BCUT2D eigenvalue weighted by Gasteiger charge is -2.29. The van der Waals surface area contributed by atoms with Crippen LogP contribution in [-0.2, 0) is 43.2 Å². The predicted octanol–water partition coefficient (Wildman–Crippen LogP) is -1.22. The predicted molar refractivity (Wildman–Crippen MR) is 223 cm³/mol. The molecule has 0 saturated carbocycles. The number of aliphatic hydroxyl groups is 1. The number of aliphatic hydroxyl groups excluding tert-OH is 1. The van der Waals surface area contributed by atoms with Gasteiger partial charge in [-0.2, -0.15) is 0 Å². The van der Waals surface area contributed by atoms with Crippen LogP contribution in [0.1, 0.15) is 109 Å². The molecule has 0 aliphatic rings. The van der Waals surface area contributed by atoms with Crippen LogP contribution >= 0.6 is 0 Å². The maximum atomic E-state index is 13.7. The minimum atomic E-state index is -1.55. The molecule has 0 radical (unpaired) electrons. The van der Waals surface area contributed by atoms with E-state index in [-0.39, 0.29) is 18.3 Å². The fourth-order valence-electron chi connectivity index (χ4n) is 5.83. The number of carboxylic acid groups (broad SMARTS) is 1. The largest absolute Gasteiger partial charge is 0.480 e. The van der Waals surface area contributed by atoms with E-state index in [1.165, 1.54) is 13.8 Å². The van der Waals surface area contributed by atoms with E-state index in [0.29, 0.717) is 19.3 Å². The van der Waals surface area contributed by atoms with Gasteiger partial charge in [-0.3, -0.25) is 38.4 Å². The van der Waals surface area contributed by atoms with Crippen molar-refractivity contribution >= 4 is 53.2 Å². The van der Waals surface area contributed by atoms with Gasteiger partial charge in [0.15, 0.2) is 0 Å². The zero-order chi connectivity index (χ0) is 46.6. The fraction of sp³-hybridized carbons (Fsp3) is 0.775. The first-order valence-corrected chi connectivity index (χ1v) is 20.8. The molecule has 0 aromatic rings. The van der Waals surface area contributed by atoms with Crippen LogP contribution in [0, 0.1) is 29.6 Å². The Morgan fingerprint density at radius 2 is 0.933 bits per heavy atom. The maximum absolute atomic E-state index is 13.7. The molecule has 0 rings (SSSR count). The molecular formula is C40H73N9O11. The van der Waals surface area contributed by atoms with Crippen molar-refractivity contribution in [1.82, 2.24) is 42.5 Å². The Bertz CT molecular complexity index is 1470. The Balaban J connectivity index is 5.73. The molecule has 0 unspecified atom stereocenters. The Morgan fingerprint density at radius 3 is 1.35 bits per heavy atom. The van der Waals surface area contributed by atoms with Crippen LogP contribution in [0.3, 0.4) is 0 Å². The highest BCUT2D eigenvalue weighted by atomic mass is 16.4. The minimum absolute atomic E-state index is 0.0990. The number of amides is 8. The number of carboxylic acids is 1. The third kappa shape index (κ3) is 19.9. The smallest absolute Gasteiger partial charge is 0.326 e. The summed E-state index contributed by atoms with van der Waals surface area (Å²) in [5.41, 5.74) is 5.87. The lowest BCUT2D eigenvalue weighted by Crippen LogP contribution is -2.61. The summed E-state index contributed by atoms with van der Waals surface area (Å²) in [6, 6.07) is -8.13. The Kier molecular flexibility index (Phi) is 24.9. The lowest BCUT2D eigenvalue weighted by atomic mass is 9.96. The minimum Gasteiger partial charge on any atom is -0.480 e. The molecule has 344 valence electrons.